The molecule has 0 radical (unpaired) electrons. The third kappa shape index (κ3) is 2.83. The van der Waals surface area contributed by atoms with Gasteiger partial charge < -0.3 is 5.73 Å². The molecule has 0 amide bonds. The Labute approximate surface area is 123 Å². The van der Waals surface area contributed by atoms with Crippen molar-refractivity contribution in [1.29, 1.82) is 0 Å². The fourth-order valence-corrected chi connectivity index (χ4v) is 2.28. The maximum Gasteiger partial charge on any atom is 0.205 e. The number of nitrogens with zero attached hydrogens (tertiary/aromatic N) is 4. The highest BCUT2D eigenvalue weighted by atomic mass is 15.6. The summed E-state index contributed by atoms with van der Waals surface area (Å²) in [6, 6.07) is 16.0. The van der Waals surface area contributed by atoms with Gasteiger partial charge in [0.05, 0.1) is 5.69 Å². The number of tetrazole rings is 1. The zero-order valence-corrected chi connectivity index (χ0v) is 11.9. The van der Waals surface area contributed by atoms with Crippen LogP contribution in [0.25, 0.3) is 17.1 Å². The summed E-state index contributed by atoms with van der Waals surface area (Å²) in [5.74, 6) is 0.620. The van der Waals surface area contributed by atoms with Crippen LogP contribution in [0.3, 0.4) is 0 Å². The number of hydrogen-bond acceptors (Lipinski definition) is 4. The Bertz CT molecular complexity index is 733. The molecular weight excluding hydrogens is 262 g/mol. The van der Waals surface area contributed by atoms with Crippen LogP contribution >= 0.6 is 0 Å². The van der Waals surface area contributed by atoms with Crippen molar-refractivity contribution in [2.45, 2.75) is 13.3 Å². The molecule has 0 atom stereocenters. The van der Waals surface area contributed by atoms with Gasteiger partial charge in [0, 0.05) is 5.56 Å². The van der Waals surface area contributed by atoms with E-state index in [0.717, 1.165) is 23.2 Å². The maximum absolute atomic E-state index is 5.69. The van der Waals surface area contributed by atoms with Gasteiger partial charge in [-0.2, -0.15) is 0 Å². The zero-order chi connectivity index (χ0) is 14.7. The number of hydrogen-bond donors (Lipinski definition) is 1. The summed E-state index contributed by atoms with van der Waals surface area (Å²) in [4.78, 5) is 1.58. The van der Waals surface area contributed by atoms with E-state index in [-0.39, 0.29) is 0 Å². The van der Waals surface area contributed by atoms with Crippen LogP contribution in [0.1, 0.15) is 11.1 Å². The first kappa shape index (κ1) is 13.5. The molecule has 0 unspecified atom stereocenters. The molecule has 2 aromatic carbocycles. The Balaban J connectivity index is 2.00. The number of rotatable bonds is 4. The highest BCUT2D eigenvalue weighted by molar-refractivity contribution is 5.53. The fraction of sp³-hybridized carbons (Fsp3) is 0.188. The first-order chi connectivity index (χ1) is 10.3. The van der Waals surface area contributed by atoms with E-state index in [4.69, 9.17) is 5.73 Å². The minimum atomic E-state index is 0.594. The van der Waals surface area contributed by atoms with Gasteiger partial charge >= 0.3 is 0 Å². The van der Waals surface area contributed by atoms with Gasteiger partial charge in [0.25, 0.3) is 0 Å². The maximum atomic E-state index is 5.69. The lowest BCUT2D eigenvalue weighted by molar-refractivity contribution is 0.710. The first-order valence-electron chi connectivity index (χ1n) is 6.93. The van der Waals surface area contributed by atoms with E-state index in [1.165, 1.54) is 5.56 Å². The molecule has 0 aliphatic heterocycles. The molecule has 106 valence electrons. The third-order valence-electron chi connectivity index (χ3n) is 3.31. The van der Waals surface area contributed by atoms with E-state index < -0.39 is 0 Å². The van der Waals surface area contributed by atoms with E-state index in [9.17, 15) is 0 Å². The number of aromatic nitrogens is 4. The van der Waals surface area contributed by atoms with Gasteiger partial charge in [0.2, 0.25) is 5.82 Å². The van der Waals surface area contributed by atoms with Gasteiger partial charge in [-0.1, -0.05) is 48.0 Å². The Hall–Kier alpha value is -2.53. The van der Waals surface area contributed by atoms with Crippen LogP contribution in [0, 0.1) is 6.92 Å². The summed E-state index contributed by atoms with van der Waals surface area (Å²) in [6.07, 6.45) is 0.791. The second-order valence-corrected chi connectivity index (χ2v) is 4.94. The second-order valence-electron chi connectivity index (χ2n) is 4.94. The lowest BCUT2D eigenvalue weighted by atomic mass is 10.1. The normalized spacial score (nSPS) is 10.8. The van der Waals surface area contributed by atoms with Crippen LogP contribution in [0.15, 0.2) is 48.5 Å². The predicted molar refractivity (Wildman–Crippen MR) is 82.1 cm³/mol. The molecule has 1 aromatic heterocycles. The van der Waals surface area contributed by atoms with Gasteiger partial charge in [-0.05, 0) is 36.7 Å². The Kier molecular flexibility index (Phi) is 3.75. The highest BCUT2D eigenvalue weighted by Gasteiger charge is 2.10. The minimum Gasteiger partial charge on any atom is -0.330 e. The predicted octanol–water partition coefficient (Wildman–Crippen LogP) is 2.14. The van der Waals surface area contributed by atoms with Crippen LogP contribution in [0.5, 0.6) is 0 Å². The van der Waals surface area contributed by atoms with Gasteiger partial charge in [0.1, 0.15) is 0 Å². The number of benzene rings is 2. The number of aryl methyl sites for hydroxylation is 1. The van der Waals surface area contributed by atoms with Gasteiger partial charge in [-0.15, -0.1) is 15.0 Å². The molecular formula is C16H17N5. The van der Waals surface area contributed by atoms with E-state index >= 15 is 0 Å². The summed E-state index contributed by atoms with van der Waals surface area (Å²) < 4.78 is 0. The third-order valence-corrected chi connectivity index (χ3v) is 3.31. The molecule has 1 heterocycles. The molecule has 0 aliphatic carbocycles. The van der Waals surface area contributed by atoms with Gasteiger partial charge in [-0.3, -0.25) is 0 Å². The lowest BCUT2D eigenvalue weighted by Crippen LogP contribution is -2.09. The highest BCUT2D eigenvalue weighted by Crippen LogP contribution is 2.18. The van der Waals surface area contributed by atoms with E-state index in [2.05, 4.69) is 28.4 Å². The van der Waals surface area contributed by atoms with Crippen LogP contribution in [0.2, 0.25) is 0 Å². The molecule has 21 heavy (non-hydrogen) atoms. The zero-order valence-electron chi connectivity index (χ0n) is 11.9. The summed E-state index contributed by atoms with van der Waals surface area (Å²) in [6.45, 7) is 2.66. The van der Waals surface area contributed by atoms with Crippen molar-refractivity contribution in [3.05, 3.63) is 59.7 Å². The van der Waals surface area contributed by atoms with Crippen molar-refractivity contribution in [3.8, 4) is 17.1 Å². The largest absolute Gasteiger partial charge is 0.330 e. The standard InChI is InChI=1S/C16H17N5/c1-12-7-8-15(14(11-12)9-10-17)21-19-16(18-20-21)13-5-3-2-4-6-13/h2-8,11H,9-10,17H2,1H3. The van der Waals surface area contributed by atoms with Crippen molar-refractivity contribution in [2.75, 3.05) is 6.54 Å². The molecule has 0 fully saturated rings. The van der Waals surface area contributed by atoms with Crippen LogP contribution < -0.4 is 5.73 Å². The summed E-state index contributed by atoms with van der Waals surface area (Å²) in [5.41, 5.74) is 9.91. The van der Waals surface area contributed by atoms with Crippen molar-refractivity contribution in [2.24, 2.45) is 5.73 Å². The van der Waals surface area contributed by atoms with Crippen molar-refractivity contribution in [3.63, 3.8) is 0 Å². The Morgan fingerprint density at radius 2 is 1.90 bits per heavy atom. The molecule has 0 spiro atoms. The molecule has 0 bridgehead atoms. The molecule has 0 aliphatic rings. The molecule has 3 aromatic rings. The average Bonchev–Trinajstić information content (AvgIpc) is 2.98. The van der Waals surface area contributed by atoms with Crippen molar-refractivity contribution < 1.29 is 0 Å². The van der Waals surface area contributed by atoms with Crippen molar-refractivity contribution >= 4 is 0 Å². The monoisotopic (exact) mass is 279 g/mol. The Morgan fingerprint density at radius 1 is 1.10 bits per heavy atom. The van der Waals surface area contributed by atoms with E-state index in [1.807, 2.05) is 42.5 Å². The molecule has 5 nitrogen and oxygen atoms in total. The second kappa shape index (κ2) is 5.85. The molecule has 0 saturated carbocycles. The topological polar surface area (TPSA) is 69.6 Å². The van der Waals surface area contributed by atoms with Crippen molar-refractivity contribution in [1.82, 2.24) is 20.2 Å². The summed E-state index contributed by atoms with van der Waals surface area (Å²) >= 11 is 0. The molecule has 3 rings (SSSR count). The number of nitrogens with two attached hydrogens (primary N) is 1. The fourth-order valence-electron chi connectivity index (χ4n) is 2.28. The molecule has 5 heteroatoms. The van der Waals surface area contributed by atoms with Crippen LogP contribution in [0.4, 0.5) is 0 Å². The minimum absolute atomic E-state index is 0.594. The average molecular weight is 279 g/mol. The van der Waals surface area contributed by atoms with Gasteiger partial charge in [0.15, 0.2) is 0 Å². The Morgan fingerprint density at radius 3 is 2.67 bits per heavy atom. The summed E-state index contributed by atoms with van der Waals surface area (Å²) in [5, 5.41) is 12.8. The first-order valence-corrected chi connectivity index (χ1v) is 6.93. The quantitative estimate of drug-likeness (QED) is 0.794. The molecule has 2 N–H and O–H groups in total. The van der Waals surface area contributed by atoms with Crippen LogP contribution in [-0.4, -0.2) is 26.8 Å². The van der Waals surface area contributed by atoms with E-state index in [1.54, 1.807) is 4.80 Å². The SMILES string of the molecule is Cc1ccc(-n2nnc(-c3ccccc3)n2)c(CCN)c1. The van der Waals surface area contributed by atoms with Gasteiger partial charge in [-0.25, -0.2) is 0 Å². The summed E-state index contributed by atoms with van der Waals surface area (Å²) in [7, 11) is 0. The smallest absolute Gasteiger partial charge is 0.205 e. The lowest BCUT2D eigenvalue weighted by Gasteiger charge is -2.07. The van der Waals surface area contributed by atoms with E-state index in [0.29, 0.717) is 12.4 Å². The molecule has 0 saturated heterocycles. The van der Waals surface area contributed by atoms with Crippen LogP contribution in [-0.2, 0) is 6.42 Å².